The second-order valence-electron chi connectivity index (χ2n) is 2.97. The van der Waals surface area contributed by atoms with Crippen LogP contribution in [0, 0.1) is 0 Å². The van der Waals surface area contributed by atoms with E-state index in [1.807, 2.05) is 10.1 Å². The lowest BCUT2D eigenvalue weighted by atomic mass is 10.3. The largest absolute Gasteiger partial charge is 0.342 e. The Morgan fingerprint density at radius 3 is 2.91 bits per heavy atom. The molecule has 0 aromatic heterocycles. The van der Waals surface area contributed by atoms with E-state index < -0.39 is 0 Å². The fraction of sp³-hybridized carbons (Fsp3) is 0.714. The van der Waals surface area contributed by atoms with Crippen molar-refractivity contribution in [1.29, 1.82) is 0 Å². The van der Waals surface area contributed by atoms with Gasteiger partial charge in [0.2, 0.25) is 0 Å². The second kappa shape index (κ2) is 3.03. The van der Waals surface area contributed by atoms with Gasteiger partial charge in [-0.3, -0.25) is 9.24 Å². The average Bonchev–Trinajstić information content (AvgIpc) is 2.55. The van der Waals surface area contributed by atoms with Gasteiger partial charge in [0.1, 0.15) is 6.67 Å². The van der Waals surface area contributed by atoms with E-state index in [9.17, 15) is 0 Å². The van der Waals surface area contributed by atoms with Gasteiger partial charge in [-0.15, -0.1) is 0 Å². The van der Waals surface area contributed by atoms with Crippen molar-refractivity contribution in [1.82, 2.24) is 14.1 Å². The van der Waals surface area contributed by atoms with E-state index in [4.69, 9.17) is 0 Å². The summed E-state index contributed by atoms with van der Waals surface area (Å²) in [6, 6.07) is 0. The Bertz CT molecular complexity index is 165. The van der Waals surface area contributed by atoms with Crippen LogP contribution in [0.5, 0.6) is 0 Å². The smallest absolute Gasteiger partial charge is 0.101 e. The van der Waals surface area contributed by atoms with E-state index in [-0.39, 0.29) is 0 Å². The summed E-state index contributed by atoms with van der Waals surface area (Å²) in [4.78, 5) is 2.31. The first-order valence-electron chi connectivity index (χ1n) is 3.96. The Balaban J connectivity index is 1.91. The van der Waals surface area contributed by atoms with Gasteiger partial charge in [-0.05, 0) is 19.4 Å². The minimum absolute atomic E-state index is 0.564. The van der Waals surface area contributed by atoms with Gasteiger partial charge in [0.15, 0.2) is 0 Å². The molecule has 1 fully saturated rings. The van der Waals surface area contributed by atoms with Gasteiger partial charge in [-0.25, -0.2) is 0 Å². The molecule has 0 aromatic carbocycles. The van der Waals surface area contributed by atoms with Crippen molar-refractivity contribution in [3.8, 4) is 0 Å². The lowest BCUT2D eigenvalue weighted by Gasteiger charge is -2.24. The number of halogens is 1. The molecule has 0 unspecified atom stereocenters. The first kappa shape index (κ1) is 7.43. The number of hydrogen-bond donors (Lipinski definition) is 1. The molecular formula is C7H12BrN3. The van der Waals surface area contributed by atoms with Crippen LogP contribution in [0.1, 0.15) is 12.8 Å². The summed E-state index contributed by atoms with van der Waals surface area (Å²) < 4.78 is 2.01. The maximum Gasteiger partial charge on any atom is 0.101 e. The highest BCUT2D eigenvalue weighted by Crippen LogP contribution is 2.17. The molecule has 11 heavy (non-hydrogen) atoms. The van der Waals surface area contributed by atoms with E-state index in [2.05, 4.69) is 32.6 Å². The molecule has 1 atom stereocenters. The third-order valence-corrected chi connectivity index (χ3v) is 2.61. The van der Waals surface area contributed by atoms with Crippen LogP contribution < -0.4 is 5.32 Å². The zero-order valence-electron chi connectivity index (χ0n) is 6.33. The van der Waals surface area contributed by atoms with Gasteiger partial charge in [-0.1, -0.05) is 0 Å². The highest BCUT2D eigenvalue weighted by Gasteiger charge is 2.22. The molecule has 0 amide bonds. The van der Waals surface area contributed by atoms with Crippen LogP contribution >= 0.6 is 16.1 Å². The van der Waals surface area contributed by atoms with Crippen LogP contribution in [-0.2, 0) is 0 Å². The quantitative estimate of drug-likeness (QED) is 0.663. The Morgan fingerprint density at radius 1 is 1.45 bits per heavy atom. The summed E-state index contributed by atoms with van der Waals surface area (Å²) in [5, 5.41) is 3.45. The summed E-state index contributed by atoms with van der Waals surface area (Å²) in [5.41, 5.74) is 0. The van der Waals surface area contributed by atoms with E-state index >= 15 is 0 Å². The first-order chi connectivity index (χ1) is 5.36. The SMILES string of the molecule is BrN1C=CN([C@H]2CCCN2)C1. The van der Waals surface area contributed by atoms with Crippen molar-refractivity contribution in [3.05, 3.63) is 12.4 Å². The summed E-state index contributed by atoms with van der Waals surface area (Å²) in [6.07, 6.45) is 7.30. The molecule has 0 bridgehead atoms. The molecule has 2 rings (SSSR count). The summed E-state index contributed by atoms with van der Waals surface area (Å²) in [6.45, 7) is 2.12. The van der Waals surface area contributed by atoms with Crippen LogP contribution in [0.2, 0.25) is 0 Å². The minimum atomic E-state index is 0.564. The molecule has 1 saturated heterocycles. The standard InChI is InChI=1S/C7H12BrN3/c8-11-5-4-10(6-11)7-2-1-3-9-7/h4-5,7,9H,1-3,6H2/t7-/m0/s1. The molecule has 0 spiro atoms. The third-order valence-electron chi connectivity index (χ3n) is 2.15. The summed E-state index contributed by atoms with van der Waals surface area (Å²) >= 11 is 3.40. The van der Waals surface area contributed by atoms with E-state index in [0.717, 1.165) is 13.2 Å². The van der Waals surface area contributed by atoms with Gasteiger partial charge in [0, 0.05) is 12.4 Å². The molecule has 3 nitrogen and oxygen atoms in total. The van der Waals surface area contributed by atoms with Gasteiger partial charge in [-0.2, -0.15) is 0 Å². The van der Waals surface area contributed by atoms with E-state index in [1.54, 1.807) is 0 Å². The highest BCUT2D eigenvalue weighted by atomic mass is 79.9. The molecule has 62 valence electrons. The molecule has 2 aliphatic rings. The number of nitrogens with zero attached hydrogens (tertiary/aromatic N) is 2. The van der Waals surface area contributed by atoms with E-state index in [0.29, 0.717) is 6.17 Å². The summed E-state index contributed by atoms with van der Waals surface area (Å²) in [7, 11) is 0. The predicted molar refractivity (Wildman–Crippen MR) is 47.6 cm³/mol. The Labute approximate surface area is 75.4 Å². The number of nitrogens with one attached hydrogen (secondary N) is 1. The lowest BCUT2D eigenvalue weighted by molar-refractivity contribution is 0.245. The predicted octanol–water partition coefficient (Wildman–Crippen LogP) is 1.05. The fourth-order valence-corrected chi connectivity index (χ4v) is 1.92. The van der Waals surface area contributed by atoms with Crippen molar-refractivity contribution in [2.75, 3.05) is 13.2 Å². The molecule has 0 radical (unpaired) electrons. The number of rotatable bonds is 1. The molecule has 2 aliphatic heterocycles. The summed E-state index contributed by atoms with van der Waals surface area (Å²) in [5.74, 6) is 0. The van der Waals surface area contributed by atoms with Gasteiger partial charge in [0.25, 0.3) is 0 Å². The molecule has 0 saturated carbocycles. The van der Waals surface area contributed by atoms with Crippen molar-refractivity contribution in [2.45, 2.75) is 19.0 Å². The molecule has 2 heterocycles. The maximum absolute atomic E-state index is 3.45. The zero-order chi connectivity index (χ0) is 7.68. The minimum Gasteiger partial charge on any atom is -0.342 e. The molecule has 0 aliphatic carbocycles. The van der Waals surface area contributed by atoms with Crippen molar-refractivity contribution >= 4 is 16.1 Å². The van der Waals surface area contributed by atoms with Crippen molar-refractivity contribution in [3.63, 3.8) is 0 Å². The van der Waals surface area contributed by atoms with Crippen LogP contribution in [0.15, 0.2) is 12.4 Å². The van der Waals surface area contributed by atoms with Crippen molar-refractivity contribution in [2.24, 2.45) is 0 Å². The maximum atomic E-state index is 3.45. The van der Waals surface area contributed by atoms with Gasteiger partial charge >= 0.3 is 0 Å². The average molecular weight is 218 g/mol. The van der Waals surface area contributed by atoms with Crippen molar-refractivity contribution < 1.29 is 0 Å². The molecule has 0 aromatic rings. The second-order valence-corrected chi connectivity index (χ2v) is 3.88. The molecular weight excluding hydrogens is 206 g/mol. The topological polar surface area (TPSA) is 18.5 Å². The Kier molecular flexibility index (Phi) is 2.05. The van der Waals surface area contributed by atoms with E-state index in [1.165, 1.54) is 12.8 Å². The zero-order valence-corrected chi connectivity index (χ0v) is 7.92. The van der Waals surface area contributed by atoms with Crippen LogP contribution in [0.3, 0.4) is 0 Å². The molecule has 4 heteroatoms. The van der Waals surface area contributed by atoms with Crippen LogP contribution in [0.4, 0.5) is 0 Å². The van der Waals surface area contributed by atoms with Crippen LogP contribution in [-0.4, -0.2) is 28.2 Å². The lowest BCUT2D eigenvalue weighted by Crippen LogP contribution is -2.38. The first-order valence-corrected chi connectivity index (χ1v) is 4.67. The Hall–Kier alpha value is -0.220. The number of hydrogen-bond acceptors (Lipinski definition) is 3. The van der Waals surface area contributed by atoms with Crippen LogP contribution in [0.25, 0.3) is 0 Å². The van der Waals surface area contributed by atoms with Gasteiger partial charge in [0.05, 0.1) is 22.3 Å². The van der Waals surface area contributed by atoms with Gasteiger partial charge < -0.3 is 4.90 Å². The third kappa shape index (κ3) is 1.51. The Morgan fingerprint density at radius 2 is 2.36 bits per heavy atom. The molecule has 1 N–H and O–H groups in total. The normalized spacial score (nSPS) is 30.5. The monoisotopic (exact) mass is 217 g/mol. The fourth-order valence-electron chi connectivity index (χ4n) is 1.56. The highest BCUT2D eigenvalue weighted by molar-refractivity contribution is 9.07.